The Labute approximate surface area is 282 Å². The number of nitrogens with one attached hydrogen (secondary N) is 1. The van der Waals surface area contributed by atoms with Gasteiger partial charge in [-0.15, -0.1) is 10.2 Å². The molecule has 1 aliphatic heterocycles. The van der Waals surface area contributed by atoms with Gasteiger partial charge in [-0.3, -0.25) is 9.78 Å². The summed E-state index contributed by atoms with van der Waals surface area (Å²) in [6.07, 6.45) is -6.23. The molecule has 2 amide bonds. The van der Waals surface area contributed by atoms with Crippen LogP contribution in [0, 0.1) is 17.1 Å². The third-order valence-corrected chi connectivity index (χ3v) is 7.64. The van der Waals surface area contributed by atoms with E-state index in [1.54, 1.807) is 20.8 Å². The van der Waals surface area contributed by atoms with Crippen LogP contribution in [-0.2, 0) is 33.6 Å². The van der Waals surface area contributed by atoms with E-state index < -0.39 is 81.7 Å². The van der Waals surface area contributed by atoms with Crippen molar-refractivity contribution in [1.29, 1.82) is 5.26 Å². The highest BCUT2D eigenvalue weighted by atomic mass is 19.4. The number of halogens is 6. The molecule has 10 nitrogen and oxygen atoms in total. The first-order valence-corrected chi connectivity index (χ1v) is 15.1. The molecule has 1 atom stereocenters. The van der Waals surface area contributed by atoms with Gasteiger partial charge in [-0.1, -0.05) is 24.3 Å². The molecular weight excluding hydrogens is 670 g/mol. The first-order chi connectivity index (χ1) is 23.2. The number of carbonyl (C=O) groups is 2. The molecule has 0 saturated heterocycles. The molecule has 50 heavy (non-hydrogen) atoms. The molecular formula is C34H30F6N6O4. The fourth-order valence-corrected chi connectivity index (χ4v) is 5.06. The molecule has 5 rings (SSSR count). The second-order valence-corrected chi connectivity index (χ2v) is 13.2. The molecule has 0 saturated carbocycles. The van der Waals surface area contributed by atoms with Gasteiger partial charge in [0.25, 0.3) is 11.8 Å². The Morgan fingerprint density at radius 1 is 1.08 bits per heavy atom. The van der Waals surface area contributed by atoms with Crippen molar-refractivity contribution in [3.8, 4) is 28.8 Å². The molecule has 2 aromatic heterocycles. The van der Waals surface area contributed by atoms with Gasteiger partial charge in [-0.05, 0) is 64.4 Å². The van der Waals surface area contributed by atoms with Gasteiger partial charge >= 0.3 is 12.3 Å². The summed E-state index contributed by atoms with van der Waals surface area (Å²) in [6.45, 7) is 7.24. The number of hydrogen-bond acceptors (Lipinski definition) is 8. The molecule has 0 spiro atoms. The van der Waals surface area contributed by atoms with Crippen molar-refractivity contribution in [2.75, 3.05) is 4.90 Å². The highest BCUT2D eigenvalue weighted by Crippen LogP contribution is 2.45. The SMILES string of the molecule is CC(C)(C)OC(=O)N[C@@H]1CC(F)(F)c2cc(F)c(-c3nnc(C(C)(C)C#N)o3)cc2N(Cc2ccc(-c3ccc(C(F)(F)F)cn3)cc2)C1=O. The van der Waals surface area contributed by atoms with E-state index in [4.69, 9.17) is 9.15 Å². The van der Waals surface area contributed by atoms with Crippen LogP contribution in [-0.4, -0.2) is 38.8 Å². The molecule has 1 N–H and O–H groups in total. The van der Waals surface area contributed by atoms with E-state index in [1.807, 2.05) is 6.07 Å². The van der Waals surface area contributed by atoms with Gasteiger partial charge in [-0.2, -0.15) is 18.4 Å². The Balaban J connectivity index is 1.57. The van der Waals surface area contributed by atoms with Crippen molar-refractivity contribution in [3.63, 3.8) is 0 Å². The lowest BCUT2D eigenvalue weighted by Crippen LogP contribution is -2.49. The maximum absolute atomic E-state index is 15.9. The topological polar surface area (TPSA) is 134 Å². The van der Waals surface area contributed by atoms with Crippen LogP contribution in [0.4, 0.5) is 36.8 Å². The van der Waals surface area contributed by atoms with E-state index in [1.165, 1.54) is 44.2 Å². The normalized spacial score (nSPS) is 16.3. The van der Waals surface area contributed by atoms with Crippen molar-refractivity contribution >= 4 is 17.7 Å². The lowest BCUT2D eigenvalue weighted by atomic mass is 9.96. The number of nitrogens with zero attached hydrogens (tertiary/aromatic N) is 5. The van der Waals surface area contributed by atoms with Gasteiger partial charge in [0.1, 0.15) is 22.9 Å². The molecule has 16 heteroatoms. The van der Waals surface area contributed by atoms with E-state index in [0.29, 0.717) is 23.4 Å². The smallest absolute Gasteiger partial charge is 0.417 e. The summed E-state index contributed by atoms with van der Waals surface area (Å²) in [5.41, 5.74) is -3.88. The largest absolute Gasteiger partial charge is 0.444 e. The van der Waals surface area contributed by atoms with Gasteiger partial charge in [0, 0.05) is 23.7 Å². The third-order valence-electron chi connectivity index (χ3n) is 7.64. The minimum atomic E-state index is -4.57. The predicted molar refractivity (Wildman–Crippen MR) is 166 cm³/mol. The maximum Gasteiger partial charge on any atom is 0.417 e. The molecule has 0 unspecified atom stereocenters. The second kappa shape index (κ2) is 12.8. The van der Waals surface area contributed by atoms with E-state index in [2.05, 4.69) is 20.5 Å². The first kappa shape index (κ1) is 35.8. The molecule has 0 radical (unpaired) electrons. The van der Waals surface area contributed by atoms with E-state index in [9.17, 15) is 28.0 Å². The number of anilines is 1. The third kappa shape index (κ3) is 7.56. The van der Waals surface area contributed by atoms with E-state index in [-0.39, 0.29) is 18.1 Å². The highest BCUT2D eigenvalue weighted by Gasteiger charge is 2.47. The van der Waals surface area contributed by atoms with Gasteiger partial charge in [0.2, 0.25) is 11.8 Å². The fourth-order valence-electron chi connectivity index (χ4n) is 5.06. The van der Waals surface area contributed by atoms with Crippen LogP contribution in [0.2, 0.25) is 0 Å². The van der Waals surface area contributed by atoms with Crippen LogP contribution in [0.3, 0.4) is 0 Å². The Kier molecular flexibility index (Phi) is 9.16. The zero-order valence-corrected chi connectivity index (χ0v) is 27.3. The second-order valence-electron chi connectivity index (χ2n) is 13.2. The summed E-state index contributed by atoms with van der Waals surface area (Å²) in [4.78, 5) is 31.5. The summed E-state index contributed by atoms with van der Waals surface area (Å²) >= 11 is 0. The van der Waals surface area contributed by atoms with Gasteiger partial charge in [0.05, 0.1) is 35.1 Å². The molecule has 1 aliphatic rings. The minimum Gasteiger partial charge on any atom is -0.444 e. The van der Waals surface area contributed by atoms with Crippen LogP contribution >= 0.6 is 0 Å². The number of nitriles is 1. The van der Waals surface area contributed by atoms with Crippen LogP contribution < -0.4 is 10.2 Å². The average Bonchev–Trinajstić information content (AvgIpc) is 3.51. The first-order valence-electron chi connectivity index (χ1n) is 15.1. The lowest BCUT2D eigenvalue weighted by Gasteiger charge is -2.27. The van der Waals surface area contributed by atoms with Crippen LogP contribution in [0.1, 0.15) is 63.6 Å². The summed E-state index contributed by atoms with van der Waals surface area (Å²) in [5, 5.41) is 19.3. The minimum absolute atomic E-state index is 0.160. The zero-order valence-electron chi connectivity index (χ0n) is 27.3. The number of amides is 2. The Bertz CT molecular complexity index is 1960. The maximum atomic E-state index is 15.9. The van der Waals surface area contributed by atoms with Crippen molar-refractivity contribution in [1.82, 2.24) is 20.5 Å². The van der Waals surface area contributed by atoms with Crippen molar-refractivity contribution in [2.45, 2.75) is 76.7 Å². The number of ether oxygens (including phenoxy) is 1. The summed E-state index contributed by atoms with van der Waals surface area (Å²) in [5.74, 6) is -6.59. The average molecular weight is 701 g/mol. The highest BCUT2D eigenvalue weighted by molar-refractivity contribution is 6.01. The monoisotopic (exact) mass is 700 g/mol. The van der Waals surface area contributed by atoms with Gasteiger partial charge in [-0.25, -0.2) is 18.0 Å². The Morgan fingerprint density at radius 2 is 1.76 bits per heavy atom. The quantitative estimate of drug-likeness (QED) is 0.203. The van der Waals surface area contributed by atoms with Crippen molar-refractivity contribution in [3.05, 3.63) is 83.1 Å². The number of aromatic nitrogens is 3. The predicted octanol–water partition coefficient (Wildman–Crippen LogP) is 7.68. The number of alkyl carbamates (subject to hydrolysis) is 1. The number of benzene rings is 2. The van der Waals surface area contributed by atoms with Crippen LogP contribution in [0.25, 0.3) is 22.7 Å². The number of rotatable bonds is 6. The Morgan fingerprint density at radius 3 is 2.34 bits per heavy atom. The standard InChI is InChI=1S/C34H30F6N6O4/c1-31(2,3)50-30(48)43-25-14-33(36,37)22-13-23(35)21(27-44-45-29(49-27)32(4,5)17-41)12-26(22)46(28(25)47)16-18-6-8-19(9-7-18)24-11-10-20(15-42-24)34(38,39)40/h6-13,15,25H,14,16H2,1-5H3,(H,43,48)/t25-/m1/s1. The summed E-state index contributed by atoms with van der Waals surface area (Å²) in [6, 6.07) is 9.81. The zero-order chi connectivity index (χ0) is 36.8. The van der Waals surface area contributed by atoms with Crippen molar-refractivity contribution < 1.29 is 45.1 Å². The Hall–Kier alpha value is -5.46. The molecule has 2 aromatic carbocycles. The number of carbonyl (C=O) groups excluding carboxylic acids is 2. The molecule has 0 fully saturated rings. The van der Waals surface area contributed by atoms with E-state index in [0.717, 1.165) is 17.0 Å². The summed E-state index contributed by atoms with van der Waals surface area (Å²) < 4.78 is 97.2. The molecule has 0 bridgehead atoms. The number of hydrogen-bond donors (Lipinski definition) is 1. The number of alkyl halides is 5. The van der Waals surface area contributed by atoms with Gasteiger partial charge in [0.15, 0.2) is 0 Å². The molecule has 4 aromatic rings. The molecule has 3 heterocycles. The number of pyridine rings is 1. The molecule has 262 valence electrons. The van der Waals surface area contributed by atoms with Crippen LogP contribution in [0.5, 0.6) is 0 Å². The lowest BCUT2D eigenvalue weighted by molar-refractivity contribution is -0.137. The van der Waals surface area contributed by atoms with E-state index >= 15 is 13.2 Å². The summed E-state index contributed by atoms with van der Waals surface area (Å²) in [7, 11) is 0. The fraction of sp³-hybridized carbons (Fsp3) is 0.353. The van der Waals surface area contributed by atoms with Gasteiger partial charge < -0.3 is 19.4 Å². The van der Waals surface area contributed by atoms with Crippen molar-refractivity contribution in [2.24, 2.45) is 0 Å². The molecule has 0 aliphatic carbocycles. The number of fused-ring (bicyclic) bond motifs is 1. The van der Waals surface area contributed by atoms with Crippen LogP contribution in [0.15, 0.2) is 59.1 Å².